The van der Waals surface area contributed by atoms with Gasteiger partial charge in [-0.2, -0.15) is 0 Å². The van der Waals surface area contributed by atoms with Crippen LogP contribution < -0.4 is 21.3 Å². The van der Waals surface area contributed by atoms with E-state index in [1.807, 2.05) is 86.8 Å². The number of carbonyl (C=O) groups is 1. The van der Waals surface area contributed by atoms with Crippen molar-refractivity contribution in [2.75, 3.05) is 10.6 Å². The Balaban J connectivity index is 1.30. The molecule has 170 valence electrons. The molecule has 34 heavy (non-hydrogen) atoms. The number of aryl methyl sites for hydroxylation is 2. The first kappa shape index (κ1) is 21.7. The van der Waals surface area contributed by atoms with Gasteiger partial charge in [-0.05, 0) is 60.9 Å². The first-order chi connectivity index (χ1) is 16.6. The molecule has 6 heteroatoms. The second kappa shape index (κ2) is 9.37. The van der Waals surface area contributed by atoms with Crippen molar-refractivity contribution in [3.63, 3.8) is 0 Å². The third-order valence-electron chi connectivity index (χ3n) is 6.03. The number of aliphatic imine (C=N–C) groups is 1. The van der Waals surface area contributed by atoms with Crippen LogP contribution in [0.5, 0.6) is 0 Å². The fourth-order valence-electron chi connectivity index (χ4n) is 4.25. The number of rotatable bonds is 5. The molecule has 5 rings (SSSR count). The van der Waals surface area contributed by atoms with E-state index in [4.69, 9.17) is 0 Å². The minimum atomic E-state index is -0.234. The highest BCUT2D eigenvalue weighted by molar-refractivity contribution is 6.05. The molecule has 0 aromatic heterocycles. The molecule has 1 amide bonds. The van der Waals surface area contributed by atoms with Gasteiger partial charge in [0.1, 0.15) is 6.17 Å². The van der Waals surface area contributed by atoms with Gasteiger partial charge >= 0.3 is 0 Å². The van der Waals surface area contributed by atoms with Crippen molar-refractivity contribution in [2.45, 2.75) is 26.3 Å². The average molecular weight is 450 g/mol. The molecular formula is C28H27N5O. The summed E-state index contributed by atoms with van der Waals surface area (Å²) in [5.41, 5.74) is 7.70. The number of dihydropyridines is 1. The Morgan fingerprint density at radius 3 is 2.38 bits per heavy atom. The lowest BCUT2D eigenvalue weighted by atomic mass is 10.0. The number of carbonyl (C=O) groups excluding carboxylic acids is 1. The summed E-state index contributed by atoms with van der Waals surface area (Å²) in [6.07, 6.45) is 5.48. The van der Waals surface area contributed by atoms with Crippen molar-refractivity contribution in [1.29, 1.82) is 0 Å². The topological polar surface area (TPSA) is 77.6 Å². The summed E-state index contributed by atoms with van der Waals surface area (Å²) in [4.78, 5) is 17.4. The smallest absolute Gasteiger partial charge is 0.255 e. The molecule has 6 nitrogen and oxygen atoms in total. The van der Waals surface area contributed by atoms with E-state index in [-0.39, 0.29) is 18.4 Å². The highest BCUT2D eigenvalue weighted by atomic mass is 16.1. The third kappa shape index (κ3) is 4.49. The maximum absolute atomic E-state index is 12.8. The van der Waals surface area contributed by atoms with Crippen LogP contribution in [-0.4, -0.2) is 24.6 Å². The minimum Gasteiger partial charge on any atom is -0.353 e. The summed E-state index contributed by atoms with van der Waals surface area (Å²) in [6, 6.07) is 23.7. The van der Waals surface area contributed by atoms with Gasteiger partial charge in [0.2, 0.25) is 0 Å². The predicted molar refractivity (Wildman–Crippen MR) is 139 cm³/mol. The monoisotopic (exact) mass is 449 g/mol. The molecule has 2 unspecified atom stereocenters. The molecule has 0 saturated carbocycles. The maximum atomic E-state index is 12.8. The van der Waals surface area contributed by atoms with E-state index >= 15 is 0 Å². The first-order valence-electron chi connectivity index (χ1n) is 11.3. The number of hydrogen-bond donors (Lipinski definition) is 4. The number of nitrogens with zero attached hydrogens (tertiary/aromatic N) is 1. The van der Waals surface area contributed by atoms with Crippen LogP contribution >= 0.6 is 0 Å². The van der Waals surface area contributed by atoms with Gasteiger partial charge in [-0.1, -0.05) is 54.6 Å². The molecular weight excluding hydrogens is 422 g/mol. The third-order valence-corrected chi connectivity index (χ3v) is 6.03. The molecule has 3 aromatic rings. The lowest BCUT2D eigenvalue weighted by Gasteiger charge is -2.35. The van der Waals surface area contributed by atoms with E-state index in [1.54, 1.807) is 0 Å². The van der Waals surface area contributed by atoms with Gasteiger partial charge in [0.25, 0.3) is 5.91 Å². The molecule has 2 heterocycles. The summed E-state index contributed by atoms with van der Waals surface area (Å²) < 4.78 is 0. The molecule has 0 bridgehead atoms. The van der Waals surface area contributed by atoms with Crippen LogP contribution in [0.15, 0.2) is 95.5 Å². The molecule has 2 atom stereocenters. The Bertz CT molecular complexity index is 1270. The Morgan fingerprint density at radius 1 is 0.912 bits per heavy atom. The quantitative estimate of drug-likeness (QED) is 0.450. The Hall–Kier alpha value is -4.16. The number of fused-ring (bicyclic) bond motifs is 1. The SMILES string of the molecule is Cc1cccc(C)c1NC(=O)c1ccc(NC2NC(c3ccccc3)=C3C=CC=NC3N2)cc1. The van der Waals surface area contributed by atoms with Crippen LogP contribution in [0, 0.1) is 13.8 Å². The van der Waals surface area contributed by atoms with Crippen LogP contribution in [0.4, 0.5) is 11.4 Å². The minimum absolute atomic E-state index is 0.125. The number of allylic oxidation sites excluding steroid dienone is 1. The highest BCUT2D eigenvalue weighted by Crippen LogP contribution is 2.26. The molecule has 0 saturated heterocycles. The second-order valence-electron chi connectivity index (χ2n) is 8.44. The van der Waals surface area contributed by atoms with E-state index in [9.17, 15) is 4.79 Å². The predicted octanol–water partition coefficient (Wildman–Crippen LogP) is 4.82. The van der Waals surface area contributed by atoms with E-state index in [0.29, 0.717) is 5.56 Å². The Labute approximate surface area is 199 Å². The zero-order valence-electron chi connectivity index (χ0n) is 19.2. The average Bonchev–Trinajstić information content (AvgIpc) is 2.87. The van der Waals surface area contributed by atoms with Crippen molar-refractivity contribution in [1.82, 2.24) is 10.6 Å². The molecule has 0 aliphatic carbocycles. The molecule has 2 aliphatic heterocycles. The van der Waals surface area contributed by atoms with E-state index in [1.165, 1.54) is 0 Å². The number of benzene rings is 3. The summed E-state index contributed by atoms with van der Waals surface area (Å²) in [5, 5.41) is 13.5. The summed E-state index contributed by atoms with van der Waals surface area (Å²) >= 11 is 0. The molecule has 0 radical (unpaired) electrons. The number of amides is 1. The van der Waals surface area contributed by atoms with Crippen LogP contribution in [0.2, 0.25) is 0 Å². The van der Waals surface area contributed by atoms with Crippen molar-refractivity contribution >= 4 is 29.2 Å². The van der Waals surface area contributed by atoms with Crippen LogP contribution in [0.25, 0.3) is 5.70 Å². The van der Waals surface area contributed by atoms with Gasteiger partial charge in [0.15, 0.2) is 6.29 Å². The van der Waals surface area contributed by atoms with Gasteiger partial charge in [0.05, 0.1) is 5.70 Å². The van der Waals surface area contributed by atoms with Crippen LogP contribution in [-0.2, 0) is 0 Å². The highest BCUT2D eigenvalue weighted by Gasteiger charge is 2.27. The summed E-state index contributed by atoms with van der Waals surface area (Å²) in [7, 11) is 0. The summed E-state index contributed by atoms with van der Waals surface area (Å²) in [5.74, 6) is -0.125. The van der Waals surface area contributed by atoms with Crippen molar-refractivity contribution in [3.8, 4) is 0 Å². The van der Waals surface area contributed by atoms with Crippen molar-refractivity contribution in [2.24, 2.45) is 4.99 Å². The summed E-state index contributed by atoms with van der Waals surface area (Å²) in [6.45, 7) is 3.99. The van der Waals surface area contributed by atoms with Gasteiger partial charge in [-0.15, -0.1) is 0 Å². The Kier molecular flexibility index (Phi) is 5.97. The van der Waals surface area contributed by atoms with E-state index in [2.05, 4.69) is 44.5 Å². The van der Waals surface area contributed by atoms with E-state index in [0.717, 1.165) is 39.3 Å². The lowest BCUT2D eigenvalue weighted by molar-refractivity contribution is 0.102. The number of nitrogens with one attached hydrogen (secondary N) is 4. The molecule has 3 aromatic carbocycles. The van der Waals surface area contributed by atoms with Gasteiger partial charge in [-0.25, -0.2) is 0 Å². The van der Waals surface area contributed by atoms with Gasteiger partial charge < -0.3 is 16.0 Å². The maximum Gasteiger partial charge on any atom is 0.255 e. The van der Waals surface area contributed by atoms with Crippen LogP contribution in [0.1, 0.15) is 27.0 Å². The number of para-hydroxylation sites is 1. The van der Waals surface area contributed by atoms with Gasteiger partial charge in [-0.3, -0.25) is 15.1 Å². The Morgan fingerprint density at radius 2 is 1.65 bits per heavy atom. The zero-order valence-corrected chi connectivity index (χ0v) is 19.2. The molecule has 0 spiro atoms. The van der Waals surface area contributed by atoms with Crippen LogP contribution in [0.3, 0.4) is 0 Å². The van der Waals surface area contributed by atoms with E-state index < -0.39 is 0 Å². The second-order valence-corrected chi connectivity index (χ2v) is 8.44. The molecule has 0 fully saturated rings. The van der Waals surface area contributed by atoms with Crippen molar-refractivity contribution in [3.05, 3.63) is 113 Å². The first-order valence-corrected chi connectivity index (χ1v) is 11.3. The molecule has 4 N–H and O–H groups in total. The molecule has 2 aliphatic rings. The van der Waals surface area contributed by atoms with Gasteiger partial charge in [0, 0.05) is 28.7 Å². The fourth-order valence-corrected chi connectivity index (χ4v) is 4.25. The standard InChI is InChI=1S/C28H27N5O/c1-18-8-6-9-19(2)24(18)31-27(34)21-13-15-22(16-14-21)30-28-32-25(20-10-4-3-5-11-20)23-12-7-17-29-26(23)33-28/h3-17,26,28,30,32-33H,1-2H3,(H,31,34). The normalized spacial score (nSPS) is 18.8. The van der Waals surface area contributed by atoms with Crippen molar-refractivity contribution < 1.29 is 4.79 Å². The largest absolute Gasteiger partial charge is 0.353 e. The number of anilines is 2. The number of hydrogen-bond acceptors (Lipinski definition) is 5. The zero-order chi connectivity index (χ0) is 23.5. The fraction of sp³-hybridized carbons (Fsp3) is 0.143. The lowest BCUT2D eigenvalue weighted by Crippen LogP contribution is -2.55.